The molecule has 0 saturated carbocycles. The van der Waals surface area contributed by atoms with Gasteiger partial charge in [0, 0.05) is 13.1 Å². The van der Waals surface area contributed by atoms with Crippen molar-refractivity contribution in [1.82, 2.24) is 4.31 Å². The molecule has 1 fully saturated rings. The van der Waals surface area contributed by atoms with E-state index in [4.69, 9.17) is 0 Å². The standard InChI is InChI=1S/C8H16INO2S/c1-7(2)8-3-5-10(6-4-8)13(9,11)12/h7-8H,3-6H2,1-2H3. The fourth-order valence-corrected chi connectivity index (χ4v) is 3.59. The maximum Gasteiger partial charge on any atom is 0.267 e. The molecule has 5 heteroatoms. The van der Waals surface area contributed by atoms with Crippen LogP contribution in [0.1, 0.15) is 26.7 Å². The number of rotatable bonds is 2. The SMILES string of the molecule is CC(C)C1CCN(S(=O)(=O)I)CC1. The van der Waals surface area contributed by atoms with Crippen LogP contribution in [0.3, 0.4) is 0 Å². The van der Waals surface area contributed by atoms with Gasteiger partial charge < -0.3 is 0 Å². The lowest BCUT2D eigenvalue weighted by Crippen LogP contribution is -2.36. The Bertz CT molecular complexity index is 255. The minimum Gasteiger partial charge on any atom is -0.201 e. The van der Waals surface area contributed by atoms with E-state index in [2.05, 4.69) is 13.8 Å². The second-order valence-corrected chi connectivity index (χ2v) is 8.60. The van der Waals surface area contributed by atoms with Crippen LogP contribution in [-0.4, -0.2) is 25.8 Å². The first-order chi connectivity index (χ1) is 5.91. The van der Waals surface area contributed by atoms with E-state index in [0.29, 0.717) is 24.9 Å². The molecule has 1 heterocycles. The molecule has 0 spiro atoms. The van der Waals surface area contributed by atoms with Crippen molar-refractivity contribution in [3.63, 3.8) is 0 Å². The Morgan fingerprint density at radius 2 is 1.77 bits per heavy atom. The molecule has 1 saturated heterocycles. The molecule has 0 bridgehead atoms. The van der Waals surface area contributed by atoms with Crippen molar-refractivity contribution in [2.75, 3.05) is 13.1 Å². The molecule has 13 heavy (non-hydrogen) atoms. The summed E-state index contributed by atoms with van der Waals surface area (Å²) in [4.78, 5) is 0. The van der Waals surface area contributed by atoms with E-state index < -0.39 is 7.19 Å². The molecule has 78 valence electrons. The quantitative estimate of drug-likeness (QED) is 0.577. The van der Waals surface area contributed by atoms with E-state index in [1.165, 1.54) is 21.2 Å². The summed E-state index contributed by atoms with van der Waals surface area (Å²) in [7, 11) is -2.97. The maximum absolute atomic E-state index is 11.2. The van der Waals surface area contributed by atoms with Gasteiger partial charge in [-0.25, -0.2) is 8.42 Å². The number of nitrogens with zero attached hydrogens (tertiary/aromatic N) is 1. The third-order valence-corrected chi connectivity index (χ3v) is 5.40. The van der Waals surface area contributed by atoms with Crippen molar-refractivity contribution in [1.29, 1.82) is 0 Å². The minimum absolute atomic E-state index is 0.680. The van der Waals surface area contributed by atoms with Crippen LogP contribution >= 0.6 is 21.2 Å². The Hall–Kier alpha value is 0.640. The van der Waals surface area contributed by atoms with E-state index in [-0.39, 0.29) is 0 Å². The molecule has 0 aliphatic carbocycles. The summed E-state index contributed by atoms with van der Waals surface area (Å²) in [6, 6.07) is 0. The molecule has 0 aromatic carbocycles. The highest BCUT2D eigenvalue weighted by atomic mass is 127. The second kappa shape index (κ2) is 4.44. The largest absolute Gasteiger partial charge is 0.267 e. The van der Waals surface area contributed by atoms with Crippen LogP contribution in [0.5, 0.6) is 0 Å². The normalized spacial score (nSPS) is 22.5. The van der Waals surface area contributed by atoms with Gasteiger partial charge >= 0.3 is 0 Å². The average molecular weight is 317 g/mol. The highest BCUT2D eigenvalue weighted by Crippen LogP contribution is 2.27. The van der Waals surface area contributed by atoms with Crippen molar-refractivity contribution < 1.29 is 8.42 Å². The maximum atomic E-state index is 11.2. The van der Waals surface area contributed by atoms with Gasteiger partial charge in [-0.05, 0) is 24.7 Å². The zero-order valence-corrected chi connectivity index (χ0v) is 11.0. The van der Waals surface area contributed by atoms with Crippen molar-refractivity contribution in [2.24, 2.45) is 11.8 Å². The molecule has 0 N–H and O–H groups in total. The number of hydrogen-bond donors (Lipinski definition) is 0. The highest BCUT2D eigenvalue weighted by molar-refractivity contribution is 14.2. The molecule has 1 aliphatic rings. The van der Waals surface area contributed by atoms with Gasteiger partial charge in [0.1, 0.15) is 0 Å². The van der Waals surface area contributed by atoms with Crippen LogP contribution in [0.2, 0.25) is 0 Å². The first-order valence-corrected chi connectivity index (χ1v) is 8.59. The second-order valence-electron chi connectivity index (χ2n) is 3.92. The predicted octanol–water partition coefficient (Wildman–Crippen LogP) is 2.03. The van der Waals surface area contributed by atoms with E-state index in [1.54, 1.807) is 4.31 Å². The Balaban J connectivity index is 2.49. The van der Waals surface area contributed by atoms with Gasteiger partial charge in [0.15, 0.2) is 0 Å². The van der Waals surface area contributed by atoms with Gasteiger partial charge in [-0.2, -0.15) is 4.31 Å². The number of piperidine rings is 1. The minimum atomic E-state index is -2.97. The van der Waals surface area contributed by atoms with Crippen LogP contribution < -0.4 is 0 Å². The summed E-state index contributed by atoms with van der Waals surface area (Å²) in [5, 5.41) is 0. The first-order valence-electron chi connectivity index (χ1n) is 4.61. The Morgan fingerprint density at radius 1 is 1.31 bits per heavy atom. The van der Waals surface area contributed by atoms with Crippen LogP contribution in [0.15, 0.2) is 0 Å². The van der Waals surface area contributed by atoms with Crippen molar-refractivity contribution in [3.05, 3.63) is 0 Å². The molecule has 1 rings (SSSR count). The van der Waals surface area contributed by atoms with Gasteiger partial charge in [-0.1, -0.05) is 13.8 Å². The summed E-state index contributed by atoms with van der Waals surface area (Å²) in [6.07, 6.45) is 2.03. The zero-order chi connectivity index (χ0) is 10.1. The van der Waals surface area contributed by atoms with Crippen LogP contribution in [0, 0.1) is 11.8 Å². The monoisotopic (exact) mass is 317 g/mol. The molecule has 0 aromatic heterocycles. The van der Waals surface area contributed by atoms with E-state index in [1.807, 2.05) is 0 Å². The van der Waals surface area contributed by atoms with Gasteiger partial charge in [0.2, 0.25) is 0 Å². The molecule has 0 amide bonds. The zero-order valence-electron chi connectivity index (χ0n) is 8.03. The first kappa shape index (κ1) is 11.7. The number of halogens is 1. The van der Waals surface area contributed by atoms with Crippen molar-refractivity contribution in [3.8, 4) is 0 Å². The van der Waals surface area contributed by atoms with Crippen LogP contribution in [-0.2, 0) is 7.19 Å². The molecule has 3 nitrogen and oxygen atoms in total. The van der Waals surface area contributed by atoms with Gasteiger partial charge in [0.25, 0.3) is 7.19 Å². The van der Waals surface area contributed by atoms with E-state index >= 15 is 0 Å². The Labute approximate surface area is 92.5 Å². The Morgan fingerprint density at radius 3 is 2.08 bits per heavy atom. The summed E-state index contributed by atoms with van der Waals surface area (Å²) in [5.74, 6) is 1.38. The average Bonchev–Trinajstić information content (AvgIpc) is 2.03. The topological polar surface area (TPSA) is 37.4 Å². The highest BCUT2D eigenvalue weighted by Gasteiger charge is 2.26. The number of hydrogen-bond acceptors (Lipinski definition) is 2. The summed E-state index contributed by atoms with van der Waals surface area (Å²) < 4.78 is 23.9. The van der Waals surface area contributed by atoms with Crippen molar-refractivity contribution >= 4 is 28.4 Å². The Kier molecular flexibility index (Phi) is 4.00. The van der Waals surface area contributed by atoms with E-state index in [9.17, 15) is 8.42 Å². The molecule has 0 atom stereocenters. The molecular weight excluding hydrogens is 301 g/mol. The van der Waals surface area contributed by atoms with Gasteiger partial charge in [-0.3, -0.25) is 0 Å². The lowest BCUT2D eigenvalue weighted by atomic mass is 9.87. The smallest absolute Gasteiger partial charge is 0.201 e. The summed E-state index contributed by atoms with van der Waals surface area (Å²) in [6.45, 7) is 5.82. The molecule has 0 aromatic rings. The third-order valence-electron chi connectivity index (χ3n) is 2.75. The van der Waals surface area contributed by atoms with Crippen molar-refractivity contribution in [2.45, 2.75) is 26.7 Å². The van der Waals surface area contributed by atoms with E-state index in [0.717, 1.165) is 12.8 Å². The molecule has 1 aliphatic heterocycles. The van der Waals surface area contributed by atoms with Gasteiger partial charge in [-0.15, -0.1) is 0 Å². The lowest BCUT2D eigenvalue weighted by molar-refractivity contribution is 0.229. The predicted molar refractivity (Wildman–Crippen MR) is 62.1 cm³/mol. The van der Waals surface area contributed by atoms with Crippen LogP contribution in [0.25, 0.3) is 0 Å². The fourth-order valence-electron chi connectivity index (χ4n) is 1.76. The van der Waals surface area contributed by atoms with Gasteiger partial charge in [0.05, 0.1) is 21.2 Å². The van der Waals surface area contributed by atoms with Crippen LogP contribution in [0.4, 0.5) is 0 Å². The lowest BCUT2D eigenvalue weighted by Gasteiger charge is -2.31. The molecule has 0 unspecified atom stereocenters. The third kappa shape index (κ3) is 3.36. The summed E-state index contributed by atoms with van der Waals surface area (Å²) >= 11 is 1.52. The summed E-state index contributed by atoms with van der Waals surface area (Å²) in [5.41, 5.74) is 0. The molecular formula is C8H16INO2S. The fraction of sp³-hybridized carbons (Fsp3) is 1.00. The molecule has 0 radical (unpaired) electrons.